The summed E-state index contributed by atoms with van der Waals surface area (Å²) in [5.74, 6) is 0. The Kier molecular flexibility index (Phi) is 15.3. The van der Waals surface area contributed by atoms with E-state index in [2.05, 4.69) is 173 Å². The fraction of sp³-hybridized carbons (Fsp3) is 0.267. The minimum atomic E-state index is 0.933. The van der Waals surface area contributed by atoms with Crippen molar-refractivity contribution in [3.05, 3.63) is 168 Å². The van der Waals surface area contributed by atoms with Gasteiger partial charge in [0.25, 0.3) is 0 Å². The molecule has 66 heavy (non-hydrogen) atoms. The van der Waals surface area contributed by atoms with E-state index in [1.54, 1.807) is 0 Å². The van der Waals surface area contributed by atoms with Crippen LogP contribution in [0.1, 0.15) is 101 Å². The molecule has 0 unspecified atom stereocenters. The van der Waals surface area contributed by atoms with E-state index in [0.29, 0.717) is 0 Å². The van der Waals surface area contributed by atoms with Crippen LogP contribution in [0.15, 0.2) is 146 Å². The summed E-state index contributed by atoms with van der Waals surface area (Å²) in [5.41, 5.74) is 14.3. The third kappa shape index (κ3) is 10.8. The van der Waals surface area contributed by atoms with Gasteiger partial charge in [-0.1, -0.05) is 150 Å². The van der Waals surface area contributed by atoms with Crippen LogP contribution in [-0.2, 0) is 25.7 Å². The van der Waals surface area contributed by atoms with E-state index in [4.69, 9.17) is 9.97 Å². The van der Waals surface area contributed by atoms with Crippen LogP contribution in [0.5, 0.6) is 0 Å². The lowest BCUT2D eigenvalue weighted by Crippen LogP contribution is -1.97. The number of hydrogen-bond acceptors (Lipinski definition) is 6. The SMILES string of the molecule is CCCCc1ccc(-c2ccc(-c3nc(-c4ccc(-c5ccc(CCCC)cc5)s4)c(-c4ccc(-c5ccc(CCCC)cc5)s4)nc3-c3ccc(-c4ccc(CCCC)cc4)s3)s2)cc1. The summed E-state index contributed by atoms with van der Waals surface area (Å²) in [5, 5.41) is 0. The van der Waals surface area contributed by atoms with E-state index in [1.807, 2.05) is 45.3 Å². The molecule has 0 amide bonds. The Balaban J connectivity index is 1.17. The standard InChI is InChI=1S/C60H60N2S4/c1-5-9-13-41-17-25-45(26-18-41)49-33-37-53(63-49)57-58(54-38-34-50(64-54)46-27-19-42(20-28-46)14-10-6-2)62-60(56-40-36-52(66-56)48-31-23-44(24-32-48)16-12-8-4)59(61-57)55-39-35-51(65-55)47-29-21-43(22-30-47)15-11-7-3/h17-40H,5-16H2,1-4H3. The molecule has 5 aromatic heterocycles. The molecule has 0 spiro atoms. The van der Waals surface area contributed by atoms with Gasteiger partial charge in [-0.05, 0) is 144 Å². The predicted molar refractivity (Wildman–Crippen MR) is 291 cm³/mol. The van der Waals surface area contributed by atoms with E-state index >= 15 is 0 Å². The van der Waals surface area contributed by atoms with Gasteiger partial charge < -0.3 is 0 Å². The first-order valence-electron chi connectivity index (χ1n) is 24.2. The maximum atomic E-state index is 5.79. The third-order valence-corrected chi connectivity index (χ3v) is 17.0. The molecule has 0 fully saturated rings. The summed E-state index contributed by atoms with van der Waals surface area (Å²) in [4.78, 5) is 21.0. The number of nitrogens with zero attached hydrogens (tertiary/aromatic N) is 2. The molecular weight excluding hydrogens is 877 g/mol. The third-order valence-electron chi connectivity index (χ3n) is 12.5. The zero-order valence-electron chi connectivity index (χ0n) is 38.9. The van der Waals surface area contributed by atoms with Crippen LogP contribution in [-0.4, -0.2) is 9.97 Å². The van der Waals surface area contributed by atoms with E-state index in [1.165, 1.54) is 115 Å². The van der Waals surface area contributed by atoms with Crippen molar-refractivity contribution in [1.82, 2.24) is 9.97 Å². The molecule has 0 aliphatic carbocycles. The zero-order valence-corrected chi connectivity index (χ0v) is 42.1. The summed E-state index contributed by atoms with van der Waals surface area (Å²) in [7, 11) is 0. The Morgan fingerprint density at radius 1 is 0.258 bits per heavy atom. The van der Waals surface area contributed by atoms with Crippen molar-refractivity contribution < 1.29 is 0 Å². The van der Waals surface area contributed by atoms with Gasteiger partial charge in [0.2, 0.25) is 0 Å². The highest BCUT2D eigenvalue weighted by Gasteiger charge is 2.24. The smallest absolute Gasteiger partial charge is 0.108 e. The molecule has 0 radical (unpaired) electrons. The van der Waals surface area contributed by atoms with Gasteiger partial charge in [0, 0.05) is 19.5 Å². The largest absolute Gasteiger partial charge is 0.241 e. The number of aryl methyl sites for hydroxylation is 4. The summed E-state index contributed by atoms with van der Waals surface area (Å²) in [6, 6.07) is 54.9. The summed E-state index contributed by atoms with van der Waals surface area (Å²) >= 11 is 7.25. The molecule has 9 aromatic rings. The molecule has 334 valence electrons. The molecule has 0 atom stereocenters. The van der Waals surface area contributed by atoms with Gasteiger partial charge in [-0.15, -0.1) is 45.3 Å². The minimum Gasteiger partial charge on any atom is -0.241 e. The monoisotopic (exact) mass is 936 g/mol. The fourth-order valence-corrected chi connectivity index (χ4v) is 12.5. The first-order chi connectivity index (χ1) is 32.5. The number of thiophene rings is 4. The van der Waals surface area contributed by atoms with Gasteiger partial charge in [0.1, 0.15) is 22.8 Å². The average Bonchev–Trinajstić information content (AvgIpc) is 4.23. The minimum absolute atomic E-state index is 0.933. The second-order valence-corrected chi connectivity index (χ2v) is 21.8. The van der Waals surface area contributed by atoms with Crippen LogP contribution in [0.2, 0.25) is 0 Å². The topological polar surface area (TPSA) is 25.8 Å². The van der Waals surface area contributed by atoms with Gasteiger partial charge in [0.15, 0.2) is 0 Å². The lowest BCUT2D eigenvalue weighted by atomic mass is 10.1. The number of aromatic nitrogens is 2. The number of hydrogen-bond donors (Lipinski definition) is 0. The Morgan fingerprint density at radius 3 is 0.652 bits per heavy atom. The maximum Gasteiger partial charge on any atom is 0.108 e. The van der Waals surface area contributed by atoms with Crippen molar-refractivity contribution >= 4 is 45.3 Å². The molecule has 9 rings (SSSR count). The van der Waals surface area contributed by atoms with Crippen molar-refractivity contribution in [2.45, 2.75) is 105 Å². The Bertz CT molecular complexity index is 2540. The van der Waals surface area contributed by atoms with Crippen LogP contribution >= 0.6 is 45.3 Å². The van der Waals surface area contributed by atoms with E-state index in [-0.39, 0.29) is 0 Å². The number of benzene rings is 4. The van der Waals surface area contributed by atoms with Crippen molar-refractivity contribution in [2.75, 3.05) is 0 Å². The van der Waals surface area contributed by atoms with Gasteiger partial charge >= 0.3 is 0 Å². The van der Waals surface area contributed by atoms with Gasteiger partial charge in [-0.3, -0.25) is 0 Å². The summed E-state index contributed by atoms with van der Waals surface area (Å²) in [6.45, 7) is 9.04. The zero-order chi connectivity index (χ0) is 45.2. The van der Waals surface area contributed by atoms with Crippen LogP contribution in [0.3, 0.4) is 0 Å². The van der Waals surface area contributed by atoms with E-state index < -0.39 is 0 Å². The van der Waals surface area contributed by atoms with E-state index in [9.17, 15) is 0 Å². The van der Waals surface area contributed by atoms with Crippen molar-refractivity contribution in [3.63, 3.8) is 0 Å². The molecule has 2 nitrogen and oxygen atoms in total. The highest BCUT2D eigenvalue weighted by Crippen LogP contribution is 2.47. The van der Waals surface area contributed by atoms with Gasteiger partial charge in [-0.2, -0.15) is 0 Å². The summed E-state index contributed by atoms with van der Waals surface area (Å²) in [6.07, 6.45) is 14.2. The first-order valence-corrected chi connectivity index (χ1v) is 27.5. The lowest BCUT2D eigenvalue weighted by Gasteiger charge is -2.12. The van der Waals surface area contributed by atoms with Gasteiger partial charge in [0.05, 0.1) is 19.5 Å². The van der Waals surface area contributed by atoms with Crippen LogP contribution < -0.4 is 0 Å². The molecule has 6 heteroatoms. The average molecular weight is 937 g/mol. The van der Waals surface area contributed by atoms with Crippen molar-refractivity contribution in [2.24, 2.45) is 0 Å². The van der Waals surface area contributed by atoms with Crippen LogP contribution in [0.4, 0.5) is 0 Å². The van der Waals surface area contributed by atoms with Gasteiger partial charge in [-0.25, -0.2) is 9.97 Å². The highest BCUT2D eigenvalue weighted by molar-refractivity contribution is 7.20. The molecule has 5 heterocycles. The molecule has 0 aliphatic rings. The van der Waals surface area contributed by atoms with Crippen LogP contribution in [0.25, 0.3) is 84.0 Å². The number of rotatable bonds is 20. The maximum absolute atomic E-state index is 5.79. The Labute approximate surface area is 409 Å². The molecular formula is C60H60N2S4. The quantitative estimate of drug-likeness (QED) is 0.0761. The van der Waals surface area contributed by atoms with E-state index in [0.717, 1.165) is 68.0 Å². The molecule has 0 N–H and O–H groups in total. The fourth-order valence-electron chi connectivity index (χ4n) is 8.47. The Morgan fingerprint density at radius 2 is 0.455 bits per heavy atom. The molecule has 0 saturated carbocycles. The predicted octanol–water partition coefficient (Wildman–Crippen LogP) is 19.4. The highest BCUT2D eigenvalue weighted by atomic mass is 32.1. The second kappa shape index (κ2) is 22.0. The lowest BCUT2D eigenvalue weighted by molar-refractivity contribution is 0.795. The second-order valence-electron chi connectivity index (χ2n) is 17.5. The first kappa shape index (κ1) is 45.9. The molecule has 4 aromatic carbocycles. The van der Waals surface area contributed by atoms with Crippen molar-refractivity contribution in [1.29, 1.82) is 0 Å². The summed E-state index contributed by atoms with van der Waals surface area (Å²) < 4.78 is 0. The normalized spacial score (nSPS) is 11.5. The molecule has 0 bridgehead atoms. The molecule has 0 saturated heterocycles. The number of unbranched alkanes of at least 4 members (excludes halogenated alkanes) is 4. The Hall–Kier alpha value is -5.24. The van der Waals surface area contributed by atoms with Crippen LogP contribution in [0, 0.1) is 0 Å². The van der Waals surface area contributed by atoms with Crippen molar-refractivity contribution in [3.8, 4) is 84.0 Å². The molecule has 0 aliphatic heterocycles.